The average molecular weight is 332 g/mol. The molecule has 6 nitrogen and oxygen atoms in total. The van der Waals surface area contributed by atoms with E-state index in [2.05, 4.69) is 20.0 Å². The van der Waals surface area contributed by atoms with Crippen LogP contribution in [0, 0.1) is 5.92 Å². The average Bonchev–Trinajstić information content (AvgIpc) is 2.53. The first-order valence-electron chi connectivity index (χ1n) is 7.34. The molecule has 0 spiro atoms. The van der Waals surface area contributed by atoms with E-state index >= 15 is 0 Å². The third-order valence-corrected chi connectivity index (χ3v) is 3.61. The molecule has 0 saturated carbocycles. The van der Waals surface area contributed by atoms with Gasteiger partial charge in [-0.3, -0.25) is 4.79 Å². The summed E-state index contributed by atoms with van der Waals surface area (Å²) in [7, 11) is 1.90. The molecule has 1 aromatic heterocycles. The van der Waals surface area contributed by atoms with Crippen LogP contribution in [-0.2, 0) is 0 Å². The number of carbonyl (C=O) groups excluding carboxylic acids is 1. The van der Waals surface area contributed by atoms with Gasteiger partial charge in [-0.05, 0) is 32.4 Å². The SMILES string of the molecule is CNCC1CCN(c2nc(C=O)cc(OCC(F)(F)F)n2)CC1. The van der Waals surface area contributed by atoms with Gasteiger partial charge in [0.05, 0.1) is 0 Å². The minimum Gasteiger partial charge on any atom is -0.468 e. The Labute approximate surface area is 132 Å². The second-order valence-corrected chi connectivity index (χ2v) is 5.44. The summed E-state index contributed by atoms with van der Waals surface area (Å²) in [6.07, 6.45) is -2.14. The van der Waals surface area contributed by atoms with Gasteiger partial charge in [0.2, 0.25) is 11.8 Å². The van der Waals surface area contributed by atoms with Gasteiger partial charge >= 0.3 is 6.18 Å². The Hall–Kier alpha value is -1.90. The molecule has 9 heteroatoms. The van der Waals surface area contributed by atoms with Crippen molar-refractivity contribution in [3.05, 3.63) is 11.8 Å². The summed E-state index contributed by atoms with van der Waals surface area (Å²) in [4.78, 5) is 20.9. The van der Waals surface area contributed by atoms with Crippen LogP contribution in [0.25, 0.3) is 0 Å². The van der Waals surface area contributed by atoms with Crippen molar-refractivity contribution in [1.29, 1.82) is 0 Å². The van der Waals surface area contributed by atoms with Crippen LogP contribution in [0.3, 0.4) is 0 Å². The van der Waals surface area contributed by atoms with Gasteiger partial charge in [-0.1, -0.05) is 0 Å². The largest absolute Gasteiger partial charge is 0.468 e. The highest BCUT2D eigenvalue weighted by Gasteiger charge is 2.29. The molecule has 0 atom stereocenters. The molecule has 0 bridgehead atoms. The van der Waals surface area contributed by atoms with Crippen molar-refractivity contribution in [2.45, 2.75) is 19.0 Å². The summed E-state index contributed by atoms with van der Waals surface area (Å²) in [5.41, 5.74) is 0.00419. The zero-order valence-electron chi connectivity index (χ0n) is 12.8. The molecule has 0 aromatic carbocycles. The molecule has 1 aliphatic heterocycles. The first-order valence-corrected chi connectivity index (χ1v) is 7.34. The Balaban J connectivity index is 2.08. The fourth-order valence-corrected chi connectivity index (χ4v) is 2.49. The van der Waals surface area contributed by atoms with Crippen molar-refractivity contribution in [3.8, 4) is 5.88 Å². The van der Waals surface area contributed by atoms with Gasteiger partial charge in [0.1, 0.15) is 5.69 Å². The Bertz CT molecular complexity index is 531. The number of halogens is 3. The van der Waals surface area contributed by atoms with Crippen molar-refractivity contribution in [2.24, 2.45) is 5.92 Å². The van der Waals surface area contributed by atoms with Gasteiger partial charge in [-0.15, -0.1) is 0 Å². The molecule has 1 aromatic rings. The second kappa shape index (κ2) is 7.58. The molecule has 1 fully saturated rings. The molecule has 0 unspecified atom stereocenters. The topological polar surface area (TPSA) is 67.4 Å². The van der Waals surface area contributed by atoms with Gasteiger partial charge in [0.25, 0.3) is 0 Å². The predicted molar refractivity (Wildman–Crippen MR) is 77.8 cm³/mol. The number of carbonyl (C=O) groups is 1. The number of alkyl halides is 3. The first kappa shape index (κ1) is 17.5. The summed E-state index contributed by atoms with van der Waals surface area (Å²) in [6, 6.07) is 1.11. The first-order chi connectivity index (χ1) is 10.9. The number of hydrogen-bond acceptors (Lipinski definition) is 6. The number of anilines is 1. The quantitative estimate of drug-likeness (QED) is 0.799. The second-order valence-electron chi connectivity index (χ2n) is 5.44. The Morgan fingerprint density at radius 3 is 2.65 bits per heavy atom. The maximum atomic E-state index is 12.2. The van der Waals surface area contributed by atoms with Crippen LogP contribution in [0.1, 0.15) is 23.3 Å². The zero-order valence-corrected chi connectivity index (χ0v) is 12.8. The lowest BCUT2D eigenvalue weighted by atomic mass is 9.97. The third-order valence-electron chi connectivity index (χ3n) is 3.61. The van der Waals surface area contributed by atoms with Crippen LogP contribution in [-0.4, -0.2) is 55.7 Å². The van der Waals surface area contributed by atoms with E-state index in [1.807, 2.05) is 11.9 Å². The van der Waals surface area contributed by atoms with Crippen LogP contribution in [0.5, 0.6) is 5.88 Å². The maximum Gasteiger partial charge on any atom is 0.422 e. The van der Waals surface area contributed by atoms with Crippen LogP contribution in [0.2, 0.25) is 0 Å². The van der Waals surface area contributed by atoms with E-state index in [1.54, 1.807) is 0 Å². The number of nitrogens with zero attached hydrogens (tertiary/aromatic N) is 3. The molecule has 1 N–H and O–H groups in total. The number of aldehydes is 1. The highest BCUT2D eigenvalue weighted by molar-refractivity contribution is 5.72. The molecule has 2 rings (SSSR count). The van der Waals surface area contributed by atoms with Crippen molar-refractivity contribution < 1.29 is 22.7 Å². The summed E-state index contributed by atoms with van der Waals surface area (Å²) < 4.78 is 41.4. The number of rotatable bonds is 6. The summed E-state index contributed by atoms with van der Waals surface area (Å²) in [5, 5.41) is 3.13. The van der Waals surface area contributed by atoms with Crippen LogP contribution < -0.4 is 15.0 Å². The van der Waals surface area contributed by atoms with Gasteiger partial charge in [0, 0.05) is 19.2 Å². The number of aromatic nitrogens is 2. The maximum absolute atomic E-state index is 12.2. The van der Waals surface area contributed by atoms with Crippen LogP contribution >= 0.6 is 0 Å². The van der Waals surface area contributed by atoms with Crippen LogP contribution in [0.4, 0.5) is 19.1 Å². The summed E-state index contributed by atoms with van der Waals surface area (Å²) in [6.45, 7) is 0.843. The van der Waals surface area contributed by atoms with Crippen molar-refractivity contribution >= 4 is 12.2 Å². The van der Waals surface area contributed by atoms with Crippen molar-refractivity contribution in [3.63, 3.8) is 0 Å². The third kappa shape index (κ3) is 5.34. The molecule has 128 valence electrons. The molecule has 0 amide bonds. The van der Waals surface area contributed by atoms with E-state index in [0.29, 0.717) is 25.3 Å². The number of hydrogen-bond donors (Lipinski definition) is 1. The fraction of sp³-hybridized carbons (Fsp3) is 0.643. The van der Waals surface area contributed by atoms with Gasteiger partial charge in [0.15, 0.2) is 12.9 Å². The molecular weight excluding hydrogens is 313 g/mol. The minimum atomic E-state index is -4.46. The lowest BCUT2D eigenvalue weighted by Crippen LogP contribution is -2.37. The van der Waals surface area contributed by atoms with Crippen molar-refractivity contribution in [1.82, 2.24) is 15.3 Å². The predicted octanol–water partition coefficient (Wildman–Crippen LogP) is 1.67. The van der Waals surface area contributed by atoms with E-state index in [4.69, 9.17) is 0 Å². The smallest absolute Gasteiger partial charge is 0.422 e. The van der Waals surface area contributed by atoms with Gasteiger partial charge in [-0.25, -0.2) is 4.98 Å². The molecule has 0 radical (unpaired) electrons. The lowest BCUT2D eigenvalue weighted by molar-refractivity contribution is -0.154. The highest BCUT2D eigenvalue weighted by Crippen LogP contribution is 2.23. The normalized spacial score (nSPS) is 16.4. The highest BCUT2D eigenvalue weighted by atomic mass is 19.4. The van der Waals surface area contributed by atoms with Crippen LogP contribution in [0.15, 0.2) is 6.07 Å². The Morgan fingerprint density at radius 2 is 2.09 bits per heavy atom. The molecular formula is C14H19F3N4O2. The minimum absolute atomic E-state index is 0.00419. The molecule has 1 saturated heterocycles. The molecule has 0 aliphatic carbocycles. The molecule has 1 aliphatic rings. The van der Waals surface area contributed by atoms with Crippen molar-refractivity contribution in [2.75, 3.05) is 38.2 Å². The summed E-state index contributed by atoms with van der Waals surface area (Å²) >= 11 is 0. The number of nitrogens with one attached hydrogen (secondary N) is 1. The number of piperidine rings is 1. The Kier molecular flexibility index (Phi) is 5.75. The van der Waals surface area contributed by atoms with Gasteiger partial charge in [-0.2, -0.15) is 18.2 Å². The fourth-order valence-electron chi connectivity index (χ4n) is 2.49. The summed E-state index contributed by atoms with van der Waals surface area (Å²) in [5.74, 6) is 0.535. The van der Waals surface area contributed by atoms with E-state index in [-0.39, 0.29) is 17.5 Å². The zero-order chi connectivity index (χ0) is 16.9. The molecule has 23 heavy (non-hydrogen) atoms. The van der Waals surface area contributed by atoms with Gasteiger partial charge < -0.3 is 15.0 Å². The number of ether oxygens (including phenoxy) is 1. The van der Waals surface area contributed by atoms with E-state index < -0.39 is 12.8 Å². The van der Waals surface area contributed by atoms with E-state index in [9.17, 15) is 18.0 Å². The Morgan fingerprint density at radius 1 is 1.39 bits per heavy atom. The van der Waals surface area contributed by atoms with E-state index in [1.165, 1.54) is 0 Å². The lowest BCUT2D eigenvalue weighted by Gasteiger charge is -2.32. The molecule has 2 heterocycles. The standard InChI is InChI=1S/C14H19F3N4O2/c1-18-7-10-2-4-21(5-3-10)13-19-11(8-22)6-12(20-13)23-9-14(15,16)17/h6,8,10,18H,2-5,7,9H2,1H3. The van der Waals surface area contributed by atoms with E-state index in [0.717, 1.165) is 25.5 Å². The monoisotopic (exact) mass is 332 g/mol.